The Bertz CT molecular complexity index is 848. The van der Waals surface area contributed by atoms with E-state index in [9.17, 15) is 0 Å². The first-order chi connectivity index (χ1) is 14.0. The number of rotatable bonds is 10. The Hall–Kier alpha value is -2.69. The predicted octanol–water partition coefficient (Wildman–Crippen LogP) is 4.88. The summed E-state index contributed by atoms with van der Waals surface area (Å²) in [6.45, 7) is 8.86. The number of benzene rings is 2. The van der Waals surface area contributed by atoms with Gasteiger partial charge in [0.25, 0.3) is 0 Å². The Morgan fingerprint density at radius 1 is 0.931 bits per heavy atom. The topological polar surface area (TPSA) is 46.2 Å². The molecule has 4 heteroatoms. The molecule has 0 aliphatic rings. The minimum absolute atomic E-state index is 0.0129. The highest BCUT2D eigenvalue weighted by molar-refractivity contribution is 5.27. The Labute approximate surface area is 174 Å². The minimum atomic E-state index is -0.0129. The molecule has 1 atom stereocenters. The van der Waals surface area contributed by atoms with Gasteiger partial charge in [0.05, 0.1) is 5.69 Å². The lowest BCUT2D eigenvalue weighted by Gasteiger charge is -2.31. The molecule has 0 fully saturated rings. The SMILES string of the molecule is CC(NC(C)(C)CNCc1ccc(OCc2ccccn2)cc1)c1ccccc1. The second-order valence-corrected chi connectivity index (χ2v) is 8.02. The normalized spacial score (nSPS) is 12.5. The summed E-state index contributed by atoms with van der Waals surface area (Å²) < 4.78 is 5.80. The van der Waals surface area contributed by atoms with Gasteiger partial charge < -0.3 is 15.4 Å². The zero-order valence-electron chi connectivity index (χ0n) is 17.6. The Morgan fingerprint density at radius 2 is 1.66 bits per heavy atom. The smallest absolute Gasteiger partial charge is 0.130 e. The van der Waals surface area contributed by atoms with Crippen LogP contribution in [0.4, 0.5) is 0 Å². The molecule has 4 nitrogen and oxygen atoms in total. The molecular weight excluding hydrogens is 358 g/mol. The Morgan fingerprint density at radius 3 is 2.34 bits per heavy atom. The highest BCUT2D eigenvalue weighted by Gasteiger charge is 2.20. The van der Waals surface area contributed by atoms with E-state index in [2.05, 4.69) is 78.9 Å². The van der Waals surface area contributed by atoms with E-state index < -0.39 is 0 Å². The third-order valence-corrected chi connectivity index (χ3v) is 4.84. The van der Waals surface area contributed by atoms with Crippen LogP contribution >= 0.6 is 0 Å². The maximum atomic E-state index is 5.80. The molecular formula is C25H31N3O. The van der Waals surface area contributed by atoms with Crippen LogP contribution in [0.3, 0.4) is 0 Å². The zero-order valence-corrected chi connectivity index (χ0v) is 17.6. The van der Waals surface area contributed by atoms with Crippen LogP contribution in [0.25, 0.3) is 0 Å². The van der Waals surface area contributed by atoms with Crippen molar-refractivity contribution in [3.05, 3.63) is 95.8 Å². The molecule has 1 heterocycles. The number of pyridine rings is 1. The molecule has 0 spiro atoms. The van der Waals surface area contributed by atoms with Gasteiger partial charge >= 0.3 is 0 Å². The third-order valence-electron chi connectivity index (χ3n) is 4.84. The highest BCUT2D eigenvalue weighted by atomic mass is 16.5. The van der Waals surface area contributed by atoms with Crippen molar-refractivity contribution in [2.24, 2.45) is 0 Å². The van der Waals surface area contributed by atoms with Crippen molar-refractivity contribution in [3.63, 3.8) is 0 Å². The summed E-state index contributed by atoms with van der Waals surface area (Å²) in [6, 6.07) is 24.9. The highest BCUT2D eigenvalue weighted by Crippen LogP contribution is 2.16. The molecule has 29 heavy (non-hydrogen) atoms. The van der Waals surface area contributed by atoms with Crippen molar-refractivity contribution in [2.75, 3.05) is 6.54 Å². The molecule has 1 aromatic heterocycles. The van der Waals surface area contributed by atoms with Crippen LogP contribution in [-0.4, -0.2) is 17.1 Å². The third kappa shape index (κ3) is 7.00. The number of nitrogens with one attached hydrogen (secondary N) is 2. The van der Waals surface area contributed by atoms with Crippen molar-refractivity contribution in [1.29, 1.82) is 0 Å². The molecule has 0 bridgehead atoms. The van der Waals surface area contributed by atoms with Gasteiger partial charge in [-0.1, -0.05) is 48.5 Å². The molecule has 1 unspecified atom stereocenters. The van der Waals surface area contributed by atoms with E-state index in [1.54, 1.807) is 6.20 Å². The molecule has 3 rings (SSSR count). The number of hydrogen-bond acceptors (Lipinski definition) is 4. The molecule has 3 aromatic rings. The monoisotopic (exact) mass is 389 g/mol. The zero-order chi connectivity index (χ0) is 20.5. The Balaban J connectivity index is 1.42. The summed E-state index contributed by atoms with van der Waals surface area (Å²) in [5, 5.41) is 7.27. The van der Waals surface area contributed by atoms with Gasteiger partial charge in [0.2, 0.25) is 0 Å². The minimum Gasteiger partial charge on any atom is -0.487 e. The van der Waals surface area contributed by atoms with E-state index in [1.165, 1.54) is 11.1 Å². The number of nitrogens with zero attached hydrogens (tertiary/aromatic N) is 1. The summed E-state index contributed by atoms with van der Waals surface area (Å²) in [7, 11) is 0. The quantitative estimate of drug-likeness (QED) is 0.519. The molecule has 2 N–H and O–H groups in total. The summed E-state index contributed by atoms with van der Waals surface area (Å²) in [6.07, 6.45) is 1.78. The van der Waals surface area contributed by atoms with E-state index in [4.69, 9.17) is 4.74 Å². The van der Waals surface area contributed by atoms with Crippen molar-refractivity contribution in [3.8, 4) is 5.75 Å². The first kappa shape index (κ1) is 21.0. The van der Waals surface area contributed by atoms with Crippen molar-refractivity contribution >= 4 is 0 Å². The van der Waals surface area contributed by atoms with Crippen molar-refractivity contribution in [2.45, 2.75) is 45.5 Å². The van der Waals surface area contributed by atoms with Gasteiger partial charge in [-0.05, 0) is 56.2 Å². The molecule has 152 valence electrons. The first-order valence-corrected chi connectivity index (χ1v) is 10.2. The summed E-state index contributed by atoms with van der Waals surface area (Å²) in [4.78, 5) is 4.27. The summed E-state index contributed by atoms with van der Waals surface area (Å²) in [5.41, 5.74) is 3.46. The second kappa shape index (κ2) is 10.2. The number of aromatic nitrogens is 1. The fourth-order valence-corrected chi connectivity index (χ4v) is 3.33. The average Bonchev–Trinajstić information content (AvgIpc) is 2.74. The largest absolute Gasteiger partial charge is 0.487 e. The lowest BCUT2D eigenvalue weighted by atomic mass is 10.0. The fraction of sp³-hybridized carbons (Fsp3) is 0.320. The van der Waals surface area contributed by atoms with Gasteiger partial charge in [-0.3, -0.25) is 4.98 Å². The predicted molar refractivity (Wildman–Crippen MR) is 119 cm³/mol. The molecule has 0 saturated heterocycles. The van der Waals surface area contributed by atoms with Crippen LogP contribution < -0.4 is 15.4 Å². The van der Waals surface area contributed by atoms with Crippen LogP contribution in [0, 0.1) is 0 Å². The molecule has 0 amide bonds. The molecule has 0 aliphatic heterocycles. The van der Waals surface area contributed by atoms with Crippen LogP contribution in [0.1, 0.15) is 43.6 Å². The van der Waals surface area contributed by atoms with E-state index in [1.807, 2.05) is 30.3 Å². The molecule has 0 radical (unpaired) electrons. The van der Waals surface area contributed by atoms with Gasteiger partial charge in [-0.25, -0.2) is 0 Å². The first-order valence-electron chi connectivity index (χ1n) is 10.2. The fourth-order valence-electron chi connectivity index (χ4n) is 3.33. The van der Waals surface area contributed by atoms with E-state index in [0.717, 1.165) is 24.5 Å². The van der Waals surface area contributed by atoms with E-state index in [0.29, 0.717) is 12.6 Å². The van der Waals surface area contributed by atoms with Gasteiger partial charge in [-0.15, -0.1) is 0 Å². The van der Waals surface area contributed by atoms with Crippen molar-refractivity contribution < 1.29 is 4.74 Å². The van der Waals surface area contributed by atoms with E-state index in [-0.39, 0.29) is 5.54 Å². The summed E-state index contributed by atoms with van der Waals surface area (Å²) >= 11 is 0. The maximum absolute atomic E-state index is 5.80. The van der Waals surface area contributed by atoms with Gasteiger partial charge in [0.1, 0.15) is 12.4 Å². The van der Waals surface area contributed by atoms with Gasteiger partial charge in [-0.2, -0.15) is 0 Å². The Kier molecular flexibility index (Phi) is 7.39. The summed E-state index contributed by atoms with van der Waals surface area (Å²) in [5.74, 6) is 0.859. The molecule has 0 saturated carbocycles. The van der Waals surface area contributed by atoms with Crippen LogP contribution in [-0.2, 0) is 13.2 Å². The average molecular weight is 390 g/mol. The lowest BCUT2D eigenvalue weighted by Crippen LogP contribution is -2.48. The molecule has 2 aromatic carbocycles. The van der Waals surface area contributed by atoms with Crippen LogP contribution in [0.5, 0.6) is 5.75 Å². The molecule has 0 aliphatic carbocycles. The van der Waals surface area contributed by atoms with Gasteiger partial charge in [0.15, 0.2) is 0 Å². The van der Waals surface area contributed by atoms with Crippen LogP contribution in [0.2, 0.25) is 0 Å². The standard InChI is InChI=1S/C25H31N3O/c1-20(22-9-5-4-6-10-22)28-25(2,3)19-26-17-21-12-14-24(15-13-21)29-18-23-11-7-8-16-27-23/h4-16,20,26,28H,17-19H2,1-3H3. The second-order valence-electron chi connectivity index (χ2n) is 8.02. The number of hydrogen-bond donors (Lipinski definition) is 2. The van der Waals surface area contributed by atoms with Crippen LogP contribution in [0.15, 0.2) is 79.0 Å². The van der Waals surface area contributed by atoms with E-state index >= 15 is 0 Å². The van der Waals surface area contributed by atoms with Gasteiger partial charge in [0, 0.05) is 30.9 Å². The maximum Gasteiger partial charge on any atom is 0.130 e. The van der Waals surface area contributed by atoms with Crippen molar-refractivity contribution in [1.82, 2.24) is 15.6 Å². The lowest BCUT2D eigenvalue weighted by molar-refractivity contribution is 0.301. The number of ether oxygens (including phenoxy) is 1.